The normalized spacial score (nSPS) is 11.1. The Morgan fingerprint density at radius 1 is 1.20 bits per heavy atom. The first kappa shape index (κ1) is 20.4. The number of alkyl halides is 3. The molecule has 0 saturated heterocycles. The molecule has 25 heavy (non-hydrogen) atoms. The van der Waals surface area contributed by atoms with Crippen LogP contribution in [-0.2, 0) is 15.8 Å². The molecule has 0 atom stereocenters. The summed E-state index contributed by atoms with van der Waals surface area (Å²) < 4.78 is 38.7. The van der Waals surface area contributed by atoms with Crippen molar-refractivity contribution in [2.24, 2.45) is 0 Å². The van der Waals surface area contributed by atoms with Crippen molar-refractivity contribution in [3.05, 3.63) is 29.8 Å². The van der Waals surface area contributed by atoms with Gasteiger partial charge in [-0.3, -0.25) is 14.5 Å². The Bertz CT molecular complexity index is 656. The Balaban J connectivity index is 2.60. The van der Waals surface area contributed by atoms with Crippen molar-refractivity contribution >= 4 is 17.5 Å². The van der Waals surface area contributed by atoms with Crippen molar-refractivity contribution in [3.8, 4) is 6.07 Å². The number of likely N-dealkylation sites (N-methyl/N-ethyl adjacent to an activating group) is 2. The zero-order valence-corrected chi connectivity index (χ0v) is 13.9. The smallest absolute Gasteiger partial charge is 0.344 e. The first-order valence-corrected chi connectivity index (χ1v) is 7.40. The quantitative estimate of drug-likeness (QED) is 0.810. The predicted molar refractivity (Wildman–Crippen MR) is 85.4 cm³/mol. The fourth-order valence-electron chi connectivity index (χ4n) is 2.02. The maximum absolute atomic E-state index is 12.9. The molecule has 0 heterocycles. The van der Waals surface area contributed by atoms with Crippen LogP contribution in [0.5, 0.6) is 0 Å². The van der Waals surface area contributed by atoms with Crippen LogP contribution in [0.3, 0.4) is 0 Å². The Morgan fingerprint density at radius 2 is 1.84 bits per heavy atom. The summed E-state index contributed by atoms with van der Waals surface area (Å²) in [4.78, 5) is 26.6. The molecule has 2 amide bonds. The van der Waals surface area contributed by atoms with E-state index in [9.17, 15) is 22.8 Å². The standard InChI is InChI=1S/C16H19F3N4O2/c1-22(11-15(25)23(2)9-5-8-20)10-14(24)21-13-7-4-3-6-12(13)16(17,18)19/h3-4,6-7H,5,9-11H2,1-2H3,(H,21,24). The second kappa shape index (κ2) is 9.03. The van der Waals surface area contributed by atoms with Gasteiger partial charge >= 0.3 is 6.18 Å². The van der Waals surface area contributed by atoms with Gasteiger partial charge in [0.2, 0.25) is 11.8 Å². The highest BCUT2D eigenvalue weighted by atomic mass is 19.4. The van der Waals surface area contributed by atoms with Crippen LogP contribution in [-0.4, -0.2) is 55.3 Å². The van der Waals surface area contributed by atoms with Crippen LogP contribution in [0.1, 0.15) is 12.0 Å². The number of nitrogens with zero attached hydrogens (tertiary/aromatic N) is 3. The number of carbonyl (C=O) groups is 2. The molecule has 1 N–H and O–H groups in total. The summed E-state index contributed by atoms with van der Waals surface area (Å²) in [5.41, 5.74) is -1.26. The molecular formula is C16H19F3N4O2. The predicted octanol–water partition coefficient (Wildman–Crippen LogP) is 1.95. The number of hydrogen-bond acceptors (Lipinski definition) is 4. The van der Waals surface area contributed by atoms with E-state index >= 15 is 0 Å². The molecule has 0 bridgehead atoms. The number of carbonyl (C=O) groups excluding carboxylic acids is 2. The summed E-state index contributed by atoms with van der Waals surface area (Å²) in [6.45, 7) is -0.0609. The minimum absolute atomic E-state index is 0.0870. The lowest BCUT2D eigenvalue weighted by atomic mass is 10.1. The number of nitrogens with one attached hydrogen (secondary N) is 1. The number of benzene rings is 1. The van der Waals surface area contributed by atoms with Gasteiger partial charge in [0.1, 0.15) is 0 Å². The summed E-state index contributed by atoms with van der Waals surface area (Å²) in [7, 11) is 3.04. The van der Waals surface area contributed by atoms with Gasteiger partial charge in [-0.15, -0.1) is 0 Å². The number of nitriles is 1. The number of amides is 2. The van der Waals surface area contributed by atoms with Crippen molar-refractivity contribution in [1.29, 1.82) is 5.26 Å². The van der Waals surface area contributed by atoms with E-state index in [4.69, 9.17) is 5.26 Å². The molecule has 0 spiro atoms. The minimum atomic E-state index is -4.57. The first-order valence-electron chi connectivity index (χ1n) is 7.40. The van der Waals surface area contributed by atoms with Gasteiger partial charge in [-0.2, -0.15) is 18.4 Å². The highest BCUT2D eigenvalue weighted by Crippen LogP contribution is 2.34. The fraction of sp³-hybridized carbons (Fsp3) is 0.438. The van der Waals surface area contributed by atoms with Crippen molar-refractivity contribution in [2.75, 3.05) is 39.0 Å². The average molecular weight is 356 g/mol. The maximum atomic E-state index is 12.9. The topological polar surface area (TPSA) is 76.4 Å². The van der Waals surface area contributed by atoms with Crippen LogP contribution in [0.2, 0.25) is 0 Å². The Hall–Kier alpha value is -2.60. The van der Waals surface area contributed by atoms with Gasteiger partial charge in [-0.1, -0.05) is 12.1 Å². The molecule has 1 aromatic carbocycles. The molecule has 6 nitrogen and oxygen atoms in total. The van der Waals surface area contributed by atoms with Crippen LogP contribution in [0.25, 0.3) is 0 Å². The summed E-state index contributed by atoms with van der Waals surface area (Å²) in [6, 6.07) is 6.60. The van der Waals surface area contributed by atoms with Crippen LogP contribution >= 0.6 is 0 Å². The fourth-order valence-corrected chi connectivity index (χ4v) is 2.02. The van der Waals surface area contributed by atoms with Crippen molar-refractivity contribution in [3.63, 3.8) is 0 Å². The Morgan fingerprint density at radius 3 is 2.44 bits per heavy atom. The molecule has 0 radical (unpaired) electrons. The van der Waals surface area contributed by atoms with Crippen LogP contribution < -0.4 is 5.32 Å². The molecule has 0 aliphatic heterocycles. The van der Waals surface area contributed by atoms with E-state index in [1.165, 1.54) is 42.1 Å². The molecular weight excluding hydrogens is 337 g/mol. The number of halogens is 3. The summed E-state index contributed by atoms with van der Waals surface area (Å²) in [6.07, 6.45) is -4.38. The second-order valence-corrected chi connectivity index (χ2v) is 5.49. The minimum Gasteiger partial charge on any atom is -0.344 e. The summed E-state index contributed by atoms with van der Waals surface area (Å²) >= 11 is 0. The zero-order chi connectivity index (χ0) is 19.0. The zero-order valence-electron chi connectivity index (χ0n) is 13.9. The van der Waals surface area contributed by atoms with Gasteiger partial charge in [0.15, 0.2) is 0 Å². The van der Waals surface area contributed by atoms with Gasteiger partial charge < -0.3 is 10.2 Å². The average Bonchev–Trinajstić information content (AvgIpc) is 2.51. The monoisotopic (exact) mass is 356 g/mol. The van der Waals surface area contributed by atoms with Gasteiger partial charge in [0, 0.05) is 13.6 Å². The van der Waals surface area contributed by atoms with Gasteiger partial charge in [0.25, 0.3) is 0 Å². The Labute approximate surface area is 143 Å². The van der Waals surface area contributed by atoms with Crippen molar-refractivity contribution < 1.29 is 22.8 Å². The van der Waals surface area contributed by atoms with Gasteiger partial charge in [0.05, 0.1) is 36.8 Å². The SMILES string of the molecule is CN(CC(=O)Nc1ccccc1C(F)(F)F)CC(=O)N(C)CCC#N. The first-order chi connectivity index (χ1) is 11.6. The molecule has 1 aromatic rings. The third-order valence-electron chi connectivity index (χ3n) is 3.31. The third kappa shape index (κ3) is 6.81. The van der Waals surface area contributed by atoms with Crippen LogP contribution in [0.4, 0.5) is 18.9 Å². The molecule has 1 rings (SSSR count). The Kier molecular flexibility index (Phi) is 7.39. The summed E-state index contributed by atoms with van der Waals surface area (Å²) in [5, 5.41) is 10.7. The number of para-hydroxylation sites is 1. The third-order valence-corrected chi connectivity index (χ3v) is 3.31. The van der Waals surface area contributed by atoms with Crippen LogP contribution in [0.15, 0.2) is 24.3 Å². The second-order valence-electron chi connectivity index (χ2n) is 5.49. The maximum Gasteiger partial charge on any atom is 0.418 e. The van der Waals surface area contributed by atoms with Crippen LogP contribution in [0, 0.1) is 11.3 Å². The highest BCUT2D eigenvalue weighted by Gasteiger charge is 2.33. The van der Waals surface area contributed by atoms with Gasteiger partial charge in [-0.25, -0.2) is 0 Å². The van der Waals surface area contributed by atoms with E-state index in [1.807, 2.05) is 6.07 Å². The van der Waals surface area contributed by atoms with E-state index in [1.54, 1.807) is 0 Å². The van der Waals surface area contributed by atoms with E-state index < -0.39 is 17.6 Å². The van der Waals surface area contributed by atoms with Crippen molar-refractivity contribution in [2.45, 2.75) is 12.6 Å². The molecule has 9 heteroatoms. The number of hydrogen-bond donors (Lipinski definition) is 1. The molecule has 136 valence electrons. The van der Waals surface area contributed by atoms with E-state index in [0.717, 1.165) is 6.07 Å². The lowest BCUT2D eigenvalue weighted by Gasteiger charge is -2.21. The lowest BCUT2D eigenvalue weighted by Crippen LogP contribution is -2.40. The largest absolute Gasteiger partial charge is 0.418 e. The molecule has 0 aliphatic carbocycles. The van der Waals surface area contributed by atoms with E-state index in [-0.39, 0.29) is 37.6 Å². The van der Waals surface area contributed by atoms with E-state index in [0.29, 0.717) is 0 Å². The molecule has 0 aromatic heterocycles. The molecule has 0 fully saturated rings. The molecule has 0 aliphatic rings. The number of rotatable bonds is 7. The highest BCUT2D eigenvalue weighted by molar-refractivity contribution is 5.93. The van der Waals surface area contributed by atoms with Gasteiger partial charge in [-0.05, 0) is 19.2 Å². The summed E-state index contributed by atoms with van der Waals surface area (Å²) in [5.74, 6) is -0.951. The van der Waals surface area contributed by atoms with E-state index in [2.05, 4.69) is 5.32 Å². The van der Waals surface area contributed by atoms with Crippen molar-refractivity contribution in [1.82, 2.24) is 9.80 Å². The lowest BCUT2D eigenvalue weighted by molar-refractivity contribution is -0.137. The molecule has 0 unspecified atom stereocenters. The number of anilines is 1. The molecule has 0 saturated carbocycles.